The first-order valence-corrected chi connectivity index (χ1v) is 5.42. The third-order valence-electron chi connectivity index (χ3n) is 2.53. The van der Waals surface area contributed by atoms with Crippen LogP contribution in [0.25, 0.3) is 0 Å². The lowest BCUT2D eigenvalue weighted by molar-refractivity contribution is 0.180. The van der Waals surface area contributed by atoms with Gasteiger partial charge in [-0.05, 0) is 32.6 Å². The zero-order valence-electron chi connectivity index (χ0n) is 8.92. The minimum Gasteiger partial charge on any atom is -0.313 e. The topological polar surface area (TPSA) is 29.3 Å². The Morgan fingerprint density at radius 1 is 1.36 bits per heavy atom. The Morgan fingerprint density at radius 3 is 2.43 bits per heavy atom. The number of benzene rings is 1. The van der Waals surface area contributed by atoms with Gasteiger partial charge in [-0.1, -0.05) is 34.1 Å². The highest BCUT2D eigenvalue weighted by Gasteiger charge is 2.22. The molecule has 0 amide bonds. The molecule has 14 heavy (non-hydrogen) atoms. The van der Waals surface area contributed by atoms with Gasteiger partial charge in [-0.3, -0.25) is 4.90 Å². The van der Waals surface area contributed by atoms with E-state index in [2.05, 4.69) is 22.0 Å². The van der Waals surface area contributed by atoms with E-state index in [4.69, 9.17) is 5.73 Å². The second-order valence-corrected chi connectivity index (χ2v) is 4.87. The lowest BCUT2D eigenvalue weighted by atomic mass is 10.0. The van der Waals surface area contributed by atoms with Crippen LogP contribution in [0.5, 0.6) is 0 Å². The highest BCUT2D eigenvalue weighted by Crippen LogP contribution is 2.21. The Labute approximate surface area is 94.2 Å². The van der Waals surface area contributed by atoms with Crippen molar-refractivity contribution >= 4 is 15.9 Å². The summed E-state index contributed by atoms with van der Waals surface area (Å²) in [5, 5.41) is 0. The maximum atomic E-state index is 6.17. The summed E-state index contributed by atoms with van der Waals surface area (Å²) in [6, 6.07) is 8.18. The number of rotatable bonds is 3. The van der Waals surface area contributed by atoms with E-state index in [1.54, 1.807) is 0 Å². The summed E-state index contributed by atoms with van der Waals surface area (Å²) in [6.07, 6.45) is 0.835. The Morgan fingerprint density at radius 2 is 1.93 bits per heavy atom. The summed E-state index contributed by atoms with van der Waals surface area (Å²) in [4.78, 5) is 2.03. The van der Waals surface area contributed by atoms with E-state index in [0.29, 0.717) is 0 Å². The normalized spacial score (nSPS) is 15.6. The molecule has 1 rings (SSSR count). The molecule has 0 saturated heterocycles. The molecule has 2 N–H and O–H groups in total. The summed E-state index contributed by atoms with van der Waals surface area (Å²) < 4.78 is 1.12. The fourth-order valence-corrected chi connectivity index (χ4v) is 1.61. The fourth-order valence-electron chi connectivity index (χ4n) is 1.19. The monoisotopic (exact) mass is 256 g/mol. The van der Waals surface area contributed by atoms with Crippen LogP contribution in [-0.4, -0.2) is 24.7 Å². The van der Waals surface area contributed by atoms with Gasteiger partial charge < -0.3 is 5.73 Å². The van der Waals surface area contributed by atoms with Crippen LogP contribution >= 0.6 is 15.9 Å². The van der Waals surface area contributed by atoms with Crippen molar-refractivity contribution in [1.82, 2.24) is 4.90 Å². The summed E-state index contributed by atoms with van der Waals surface area (Å²) in [6.45, 7) is 2.03. The van der Waals surface area contributed by atoms with Crippen molar-refractivity contribution in [2.45, 2.75) is 19.0 Å². The number of hydrogen-bond acceptors (Lipinski definition) is 2. The van der Waals surface area contributed by atoms with Gasteiger partial charge in [0.15, 0.2) is 0 Å². The van der Waals surface area contributed by atoms with Crippen LogP contribution in [0.3, 0.4) is 0 Å². The van der Waals surface area contributed by atoms with E-state index >= 15 is 0 Å². The van der Waals surface area contributed by atoms with Gasteiger partial charge in [-0.15, -0.1) is 0 Å². The molecule has 0 aliphatic heterocycles. The second kappa shape index (κ2) is 4.43. The van der Waals surface area contributed by atoms with Crippen molar-refractivity contribution in [3.05, 3.63) is 34.3 Å². The van der Waals surface area contributed by atoms with Crippen LogP contribution in [0.1, 0.15) is 12.5 Å². The van der Waals surface area contributed by atoms with Crippen molar-refractivity contribution in [1.29, 1.82) is 0 Å². The predicted molar refractivity (Wildman–Crippen MR) is 64.1 cm³/mol. The SMILES string of the molecule is CN(C)C(C)(N)Cc1ccccc1Br. The summed E-state index contributed by atoms with van der Waals surface area (Å²) in [7, 11) is 3.99. The molecule has 3 heteroatoms. The van der Waals surface area contributed by atoms with Crippen molar-refractivity contribution in [3.8, 4) is 0 Å². The number of hydrogen-bond donors (Lipinski definition) is 1. The van der Waals surface area contributed by atoms with Crippen LogP contribution in [0, 0.1) is 0 Å². The molecule has 0 bridgehead atoms. The molecule has 0 aliphatic carbocycles. The van der Waals surface area contributed by atoms with Crippen molar-refractivity contribution in [2.75, 3.05) is 14.1 Å². The third-order valence-corrected chi connectivity index (χ3v) is 3.30. The largest absolute Gasteiger partial charge is 0.313 e. The van der Waals surface area contributed by atoms with Crippen molar-refractivity contribution < 1.29 is 0 Å². The Hall–Kier alpha value is -0.380. The summed E-state index contributed by atoms with van der Waals surface area (Å²) in [5.41, 5.74) is 7.11. The quantitative estimate of drug-likeness (QED) is 0.841. The molecule has 1 aromatic rings. The fraction of sp³-hybridized carbons (Fsp3) is 0.455. The molecule has 2 nitrogen and oxygen atoms in total. The molecule has 0 spiro atoms. The molecule has 0 fully saturated rings. The molecule has 0 heterocycles. The molecule has 0 aromatic heterocycles. The average Bonchev–Trinajstić information content (AvgIpc) is 2.08. The Balaban J connectivity index is 2.84. The Kier molecular flexibility index (Phi) is 3.70. The lowest BCUT2D eigenvalue weighted by Gasteiger charge is -2.32. The van der Waals surface area contributed by atoms with Gasteiger partial charge in [-0.2, -0.15) is 0 Å². The average molecular weight is 257 g/mol. The van der Waals surface area contributed by atoms with Crippen molar-refractivity contribution in [2.24, 2.45) is 5.73 Å². The zero-order valence-corrected chi connectivity index (χ0v) is 10.5. The molecule has 78 valence electrons. The summed E-state index contributed by atoms with van der Waals surface area (Å²) >= 11 is 3.52. The minimum absolute atomic E-state index is 0.302. The molecule has 0 aliphatic rings. The first kappa shape index (κ1) is 11.7. The maximum absolute atomic E-state index is 6.17. The van der Waals surface area contributed by atoms with Crippen LogP contribution in [0.15, 0.2) is 28.7 Å². The van der Waals surface area contributed by atoms with Crippen LogP contribution < -0.4 is 5.73 Å². The van der Waals surface area contributed by atoms with E-state index in [1.165, 1.54) is 5.56 Å². The van der Waals surface area contributed by atoms with E-state index in [1.807, 2.05) is 44.1 Å². The van der Waals surface area contributed by atoms with E-state index in [-0.39, 0.29) is 5.66 Å². The van der Waals surface area contributed by atoms with Gasteiger partial charge >= 0.3 is 0 Å². The van der Waals surface area contributed by atoms with Crippen LogP contribution in [0.2, 0.25) is 0 Å². The molecular formula is C11H17BrN2. The molecule has 1 unspecified atom stereocenters. The maximum Gasteiger partial charge on any atom is 0.0694 e. The minimum atomic E-state index is -0.302. The predicted octanol–water partition coefficient (Wildman–Crippen LogP) is 2.23. The van der Waals surface area contributed by atoms with Gasteiger partial charge in [0.2, 0.25) is 0 Å². The number of nitrogens with two attached hydrogens (primary N) is 1. The highest BCUT2D eigenvalue weighted by molar-refractivity contribution is 9.10. The molecule has 1 aromatic carbocycles. The van der Waals surface area contributed by atoms with Crippen LogP contribution in [0.4, 0.5) is 0 Å². The number of nitrogens with zero attached hydrogens (tertiary/aromatic N) is 1. The lowest BCUT2D eigenvalue weighted by Crippen LogP contribution is -2.51. The standard InChI is InChI=1S/C11H17BrN2/c1-11(13,14(2)3)8-9-6-4-5-7-10(9)12/h4-7H,8,13H2,1-3H3. The zero-order chi connectivity index (χ0) is 10.8. The number of halogens is 1. The third kappa shape index (κ3) is 2.80. The highest BCUT2D eigenvalue weighted by atomic mass is 79.9. The first-order valence-electron chi connectivity index (χ1n) is 4.63. The molecule has 1 atom stereocenters. The summed E-state index contributed by atoms with van der Waals surface area (Å²) in [5.74, 6) is 0. The molecule has 0 radical (unpaired) electrons. The van der Waals surface area contributed by atoms with E-state index in [9.17, 15) is 0 Å². The number of likely N-dealkylation sites (N-methyl/N-ethyl adjacent to an activating group) is 1. The van der Waals surface area contributed by atoms with Gasteiger partial charge in [0.25, 0.3) is 0 Å². The van der Waals surface area contributed by atoms with Crippen LogP contribution in [-0.2, 0) is 6.42 Å². The smallest absolute Gasteiger partial charge is 0.0694 e. The molecule has 0 saturated carbocycles. The van der Waals surface area contributed by atoms with Gasteiger partial charge in [0.1, 0.15) is 0 Å². The van der Waals surface area contributed by atoms with E-state index < -0.39 is 0 Å². The first-order chi connectivity index (χ1) is 6.43. The second-order valence-electron chi connectivity index (χ2n) is 4.02. The molecular weight excluding hydrogens is 240 g/mol. The van der Waals surface area contributed by atoms with Gasteiger partial charge in [0, 0.05) is 10.9 Å². The van der Waals surface area contributed by atoms with Crippen molar-refractivity contribution in [3.63, 3.8) is 0 Å². The van der Waals surface area contributed by atoms with E-state index in [0.717, 1.165) is 10.9 Å². The Bertz CT molecular complexity index is 308. The van der Waals surface area contributed by atoms with Gasteiger partial charge in [-0.25, -0.2) is 0 Å². The van der Waals surface area contributed by atoms with Gasteiger partial charge in [0.05, 0.1) is 5.66 Å².